The van der Waals surface area contributed by atoms with Gasteiger partial charge in [-0.2, -0.15) is 0 Å². The van der Waals surface area contributed by atoms with Crippen LogP contribution < -0.4 is 18.4 Å². The summed E-state index contributed by atoms with van der Waals surface area (Å²) < 4.78 is 24.1. The van der Waals surface area contributed by atoms with E-state index in [4.69, 9.17) is 18.4 Å². The highest BCUT2D eigenvalue weighted by Crippen LogP contribution is 2.47. The molecule has 6 rings (SSSR count). The molecule has 176 valence electrons. The van der Waals surface area contributed by atoms with Crippen molar-refractivity contribution in [1.29, 1.82) is 0 Å². The van der Waals surface area contributed by atoms with Crippen molar-refractivity contribution < 1.29 is 18.4 Å². The molecule has 0 aromatic heterocycles. The van der Waals surface area contributed by atoms with Gasteiger partial charge in [-0.3, -0.25) is 4.90 Å². The fourth-order valence-corrected chi connectivity index (χ4v) is 5.96. The average molecular weight is 476 g/mol. The first-order valence-corrected chi connectivity index (χ1v) is 12.8. The molecule has 0 aliphatic carbocycles. The largest absolute Gasteiger partial charge is 0.490 e. The van der Waals surface area contributed by atoms with Crippen LogP contribution in [0.25, 0.3) is 0 Å². The van der Waals surface area contributed by atoms with Crippen LogP contribution in [0.1, 0.15) is 40.8 Å². The van der Waals surface area contributed by atoms with E-state index in [1.807, 2.05) is 6.92 Å². The van der Waals surface area contributed by atoms with Crippen molar-refractivity contribution in [3.8, 4) is 23.0 Å². The Balaban J connectivity index is 1.30. The van der Waals surface area contributed by atoms with Crippen molar-refractivity contribution in [1.82, 2.24) is 4.90 Å². The third kappa shape index (κ3) is 3.99. The van der Waals surface area contributed by atoms with E-state index in [2.05, 4.69) is 60.4 Å². The van der Waals surface area contributed by atoms with E-state index >= 15 is 0 Å². The zero-order chi connectivity index (χ0) is 23.1. The van der Waals surface area contributed by atoms with E-state index in [1.54, 1.807) is 0 Å². The summed E-state index contributed by atoms with van der Waals surface area (Å²) in [5.74, 6) is 3.44. The minimum atomic E-state index is 0.343. The SMILES string of the molecule is CCOc1c(OSc2cccc(C)c2)ccc2c1CN1CCc3cc4c(cc3C1C2)OCCO4. The van der Waals surface area contributed by atoms with Crippen LogP contribution >= 0.6 is 12.0 Å². The van der Waals surface area contributed by atoms with E-state index < -0.39 is 0 Å². The zero-order valence-electron chi connectivity index (χ0n) is 19.6. The summed E-state index contributed by atoms with van der Waals surface area (Å²) in [6, 6.07) is 17.4. The lowest BCUT2D eigenvalue weighted by Gasteiger charge is -2.42. The third-order valence-corrected chi connectivity index (χ3v) is 7.58. The van der Waals surface area contributed by atoms with Crippen LogP contribution in [0.3, 0.4) is 0 Å². The van der Waals surface area contributed by atoms with Gasteiger partial charge in [-0.25, -0.2) is 0 Å². The second-order valence-electron chi connectivity index (χ2n) is 9.08. The van der Waals surface area contributed by atoms with Gasteiger partial charge in [0, 0.05) is 29.6 Å². The Kier molecular flexibility index (Phi) is 5.79. The van der Waals surface area contributed by atoms with Gasteiger partial charge in [0.05, 0.1) is 18.6 Å². The lowest BCUT2D eigenvalue weighted by molar-refractivity contribution is 0.151. The molecule has 0 radical (unpaired) electrons. The average Bonchev–Trinajstić information content (AvgIpc) is 2.86. The number of hydrogen-bond donors (Lipinski definition) is 0. The van der Waals surface area contributed by atoms with Crippen LogP contribution in [0.5, 0.6) is 23.0 Å². The minimum Gasteiger partial charge on any atom is -0.490 e. The highest BCUT2D eigenvalue weighted by atomic mass is 32.2. The van der Waals surface area contributed by atoms with Crippen molar-refractivity contribution in [2.45, 2.75) is 44.2 Å². The Morgan fingerprint density at radius 3 is 2.71 bits per heavy atom. The fraction of sp³-hybridized carbons (Fsp3) is 0.357. The van der Waals surface area contributed by atoms with Crippen LogP contribution in [0, 0.1) is 6.92 Å². The van der Waals surface area contributed by atoms with Crippen molar-refractivity contribution in [3.63, 3.8) is 0 Å². The molecule has 3 aliphatic heterocycles. The Morgan fingerprint density at radius 1 is 1.03 bits per heavy atom. The van der Waals surface area contributed by atoms with Gasteiger partial charge in [0.1, 0.15) is 13.2 Å². The topological polar surface area (TPSA) is 40.2 Å². The molecule has 0 fully saturated rings. The predicted molar refractivity (Wildman–Crippen MR) is 133 cm³/mol. The summed E-state index contributed by atoms with van der Waals surface area (Å²) in [6.45, 7) is 7.85. The molecule has 34 heavy (non-hydrogen) atoms. The fourth-order valence-electron chi connectivity index (χ4n) is 5.27. The Morgan fingerprint density at radius 2 is 1.88 bits per heavy atom. The van der Waals surface area contributed by atoms with Crippen LogP contribution in [-0.2, 0) is 19.4 Å². The standard InChI is InChI=1S/C28H29NO4S/c1-3-30-28-23-17-29-10-9-20-15-26-27(32-12-11-31-26)16-22(20)24(29)14-19(23)7-8-25(28)33-34-21-6-4-5-18(2)13-21/h4-8,13,15-16,24H,3,9-12,14,17H2,1-2H3. The normalized spacial score (nSPS) is 18.5. The van der Waals surface area contributed by atoms with Crippen LogP contribution in [0.15, 0.2) is 53.4 Å². The van der Waals surface area contributed by atoms with E-state index in [0.717, 1.165) is 53.8 Å². The summed E-state index contributed by atoms with van der Waals surface area (Å²) in [7, 11) is 0. The second-order valence-corrected chi connectivity index (χ2v) is 9.89. The Bertz CT molecular complexity index is 1230. The quantitative estimate of drug-likeness (QED) is 0.428. The number of aryl methyl sites for hydroxylation is 1. The van der Waals surface area contributed by atoms with Crippen molar-refractivity contribution in [2.24, 2.45) is 0 Å². The summed E-state index contributed by atoms with van der Waals surface area (Å²) >= 11 is 1.39. The lowest BCUT2D eigenvalue weighted by Crippen LogP contribution is -2.39. The molecule has 0 bridgehead atoms. The predicted octanol–water partition coefficient (Wildman–Crippen LogP) is 5.91. The molecule has 5 nitrogen and oxygen atoms in total. The van der Waals surface area contributed by atoms with E-state index in [0.29, 0.717) is 25.9 Å². The molecule has 0 amide bonds. The molecule has 0 saturated carbocycles. The molecule has 0 saturated heterocycles. The molecule has 6 heteroatoms. The van der Waals surface area contributed by atoms with Gasteiger partial charge in [0.2, 0.25) is 0 Å². The van der Waals surface area contributed by atoms with Crippen LogP contribution in [-0.4, -0.2) is 31.3 Å². The van der Waals surface area contributed by atoms with Gasteiger partial charge >= 0.3 is 0 Å². The van der Waals surface area contributed by atoms with Gasteiger partial charge in [-0.05, 0) is 79.3 Å². The number of nitrogens with zero attached hydrogens (tertiary/aromatic N) is 1. The molecule has 1 atom stereocenters. The number of rotatable bonds is 5. The molecule has 1 unspecified atom stereocenters. The molecular formula is C28H29NO4S. The molecule has 0 N–H and O–H groups in total. The zero-order valence-corrected chi connectivity index (χ0v) is 20.5. The monoisotopic (exact) mass is 475 g/mol. The molecule has 3 aromatic rings. The van der Waals surface area contributed by atoms with Crippen LogP contribution in [0.4, 0.5) is 0 Å². The summed E-state index contributed by atoms with van der Waals surface area (Å²) in [5.41, 5.74) is 6.56. The van der Waals surface area contributed by atoms with Gasteiger partial charge < -0.3 is 18.4 Å². The van der Waals surface area contributed by atoms with Crippen LogP contribution in [0.2, 0.25) is 0 Å². The molecule has 0 spiro atoms. The minimum absolute atomic E-state index is 0.343. The van der Waals surface area contributed by atoms with E-state index in [1.165, 1.54) is 39.9 Å². The first-order valence-electron chi connectivity index (χ1n) is 12.0. The first kappa shape index (κ1) is 21.7. The second kappa shape index (κ2) is 9.08. The maximum atomic E-state index is 6.19. The van der Waals surface area contributed by atoms with Gasteiger partial charge in [-0.1, -0.05) is 18.2 Å². The Labute approximate surface area is 205 Å². The molecule has 3 aliphatic rings. The lowest BCUT2D eigenvalue weighted by atomic mass is 9.83. The smallest absolute Gasteiger partial charge is 0.180 e. The highest BCUT2D eigenvalue weighted by molar-refractivity contribution is 7.95. The molecule has 3 heterocycles. The van der Waals surface area contributed by atoms with Crippen molar-refractivity contribution in [3.05, 3.63) is 76.3 Å². The molecule has 3 aromatic carbocycles. The summed E-state index contributed by atoms with van der Waals surface area (Å²) in [6.07, 6.45) is 1.97. The van der Waals surface area contributed by atoms with Gasteiger partial charge in [-0.15, -0.1) is 0 Å². The molecular weight excluding hydrogens is 446 g/mol. The van der Waals surface area contributed by atoms with Crippen molar-refractivity contribution >= 4 is 12.0 Å². The van der Waals surface area contributed by atoms with Crippen molar-refractivity contribution in [2.75, 3.05) is 26.4 Å². The maximum Gasteiger partial charge on any atom is 0.180 e. The summed E-state index contributed by atoms with van der Waals surface area (Å²) in [5, 5.41) is 0. The van der Waals surface area contributed by atoms with E-state index in [-0.39, 0.29) is 0 Å². The Hall–Kier alpha value is -2.83. The third-order valence-electron chi connectivity index (χ3n) is 6.87. The number of benzene rings is 3. The van der Waals surface area contributed by atoms with Gasteiger partial charge in [0.15, 0.2) is 23.0 Å². The summed E-state index contributed by atoms with van der Waals surface area (Å²) in [4.78, 5) is 3.66. The van der Waals surface area contributed by atoms with Gasteiger partial charge in [0.25, 0.3) is 0 Å². The number of hydrogen-bond acceptors (Lipinski definition) is 6. The highest BCUT2D eigenvalue weighted by Gasteiger charge is 2.35. The number of fused-ring (bicyclic) bond motifs is 5. The first-order chi connectivity index (χ1) is 16.7. The van der Waals surface area contributed by atoms with E-state index in [9.17, 15) is 0 Å². The number of ether oxygens (including phenoxy) is 3. The maximum absolute atomic E-state index is 6.19.